The van der Waals surface area contributed by atoms with Crippen molar-refractivity contribution in [1.29, 1.82) is 0 Å². The van der Waals surface area contributed by atoms with Crippen LogP contribution >= 0.6 is 0 Å². The van der Waals surface area contributed by atoms with Crippen molar-refractivity contribution in [1.82, 2.24) is 0 Å². The SMILES string of the molecule is Cc1ccc(N2COc3ccc4c(=O)ccoc4c3C2)cc1. The third-order valence-corrected chi connectivity index (χ3v) is 4.01. The van der Waals surface area contributed by atoms with Gasteiger partial charge in [-0.1, -0.05) is 17.7 Å². The van der Waals surface area contributed by atoms with Crippen LogP contribution in [0.2, 0.25) is 0 Å². The van der Waals surface area contributed by atoms with E-state index in [1.807, 2.05) is 6.07 Å². The van der Waals surface area contributed by atoms with Crippen LogP contribution in [0.3, 0.4) is 0 Å². The predicted octanol–water partition coefficient (Wildman–Crippen LogP) is 3.46. The smallest absolute Gasteiger partial charge is 0.192 e. The van der Waals surface area contributed by atoms with E-state index in [1.54, 1.807) is 6.07 Å². The minimum Gasteiger partial charge on any atom is -0.473 e. The van der Waals surface area contributed by atoms with Crippen LogP contribution in [0, 0.1) is 6.92 Å². The first kappa shape index (κ1) is 13.0. The molecule has 0 N–H and O–H groups in total. The number of benzene rings is 2. The van der Waals surface area contributed by atoms with Gasteiger partial charge >= 0.3 is 0 Å². The van der Waals surface area contributed by atoms with E-state index in [0.717, 1.165) is 17.0 Å². The Balaban J connectivity index is 1.80. The molecule has 2 heterocycles. The van der Waals surface area contributed by atoms with Crippen molar-refractivity contribution in [3.8, 4) is 5.75 Å². The van der Waals surface area contributed by atoms with Crippen LogP contribution in [0.25, 0.3) is 11.0 Å². The lowest BCUT2D eigenvalue weighted by molar-refractivity contribution is 0.289. The number of hydrogen-bond acceptors (Lipinski definition) is 4. The minimum absolute atomic E-state index is 0.0310. The van der Waals surface area contributed by atoms with Gasteiger partial charge in [-0.25, -0.2) is 0 Å². The maximum atomic E-state index is 11.9. The molecule has 0 fully saturated rings. The summed E-state index contributed by atoms with van der Waals surface area (Å²) in [6, 6.07) is 13.4. The molecule has 0 saturated carbocycles. The van der Waals surface area contributed by atoms with Crippen LogP contribution in [0.5, 0.6) is 5.75 Å². The molecule has 0 atom stereocenters. The molecule has 1 aliphatic heterocycles. The Bertz CT molecular complexity index is 896. The van der Waals surface area contributed by atoms with Crippen LogP contribution in [0.1, 0.15) is 11.1 Å². The van der Waals surface area contributed by atoms with Crippen molar-refractivity contribution < 1.29 is 9.15 Å². The van der Waals surface area contributed by atoms with Crippen molar-refractivity contribution >= 4 is 16.7 Å². The van der Waals surface area contributed by atoms with Gasteiger partial charge in [-0.05, 0) is 31.2 Å². The molecule has 4 heteroatoms. The summed E-state index contributed by atoms with van der Waals surface area (Å²) in [7, 11) is 0. The normalized spacial score (nSPS) is 13.8. The number of ether oxygens (including phenoxy) is 1. The van der Waals surface area contributed by atoms with Gasteiger partial charge in [0.25, 0.3) is 0 Å². The van der Waals surface area contributed by atoms with E-state index in [4.69, 9.17) is 9.15 Å². The first-order chi connectivity index (χ1) is 10.7. The number of nitrogens with zero attached hydrogens (tertiary/aromatic N) is 1. The molecule has 22 heavy (non-hydrogen) atoms. The lowest BCUT2D eigenvalue weighted by Crippen LogP contribution is -2.32. The van der Waals surface area contributed by atoms with E-state index in [2.05, 4.69) is 36.1 Å². The van der Waals surface area contributed by atoms with E-state index < -0.39 is 0 Å². The number of aryl methyl sites for hydroxylation is 1. The molecule has 2 aromatic carbocycles. The summed E-state index contributed by atoms with van der Waals surface area (Å²) in [5.41, 5.74) is 3.81. The Kier molecular flexibility index (Phi) is 2.89. The molecule has 4 nitrogen and oxygen atoms in total. The first-order valence-electron chi connectivity index (χ1n) is 7.20. The quantitative estimate of drug-likeness (QED) is 0.689. The van der Waals surface area contributed by atoms with Gasteiger partial charge in [-0.3, -0.25) is 4.79 Å². The summed E-state index contributed by atoms with van der Waals surface area (Å²) in [4.78, 5) is 14.1. The number of rotatable bonds is 1. The largest absolute Gasteiger partial charge is 0.473 e. The van der Waals surface area contributed by atoms with Crippen molar-refractivity contribution in [2.24, 2.45) is 0 Å². The fourth-order valence-corrected chi connectivity index (χ4v) is 2.78. The minimum atomic E-state index is -0.0310. The molecular formula is C18H15NO3. The van der Waals surface area contributed by atoms with Crippen molar-refractivity contribution in [3.63, 3.8) is 0 Å². The average Bonchev–Trinajstić information content (AvgIpc) is 2.55. The fraction of sp³-hybridized carbons (Fsp3) is 0.167. The van der Waals surface area contributed by atoms with Crippen molar-refractivity contribution in [3.05, 3.63) is 70.1 Å². The molecule has 110 valence electrons. The highest BCUT2D eigenvalue weighted by molar-refractivity contribution is 5.82. The van der Waals surface area contributed by atoms with Gasteiger partial charge < -0.3 is 14.1 Å². The Morgan fingerprint density at radius 3 is 2.68 bits per heavy atom. The van der Waals surface area contributed by atoms with Gasteiger partial charge in [-0.15, -0.1) is 0 Å². The van der Waals surface area contributed by atoms with Crippen LogP contribution in [0.15, 0.2) is 57.9 Å². The summed E-state index contributed by atoms with van der Waals surface area (Å²) in [6.45, 7) is 3.20. The van der Waals surface area contributed by atoms with Crippen LogP contribution in [0.4, 0.5) is 5.69 Å². The summed E-state index contributed by atoms with van der Waals surface area (Å²) in [6.07, 6.45) is 1.44. The zero-order valence-electron chi connectivity index (χ0n) is 12.2. The molecule has 1 aliphatic rings. The van der Waals surface area contributed by atoms with E-state index in [9.17, 15) is 4.79 Å². The fourth-order valence-electron chi connectivity index (χ4n) is 2.78. The van der Waals surface area contributed by atoms with Gasteiger partial charge in [0, 0.05) is 11.8 Å². The highest BCUT2D eigenvalue weighted by Gasteiger charge is 2.21. The third-order valence-electron chi connectivity index (χ3n) is 4.01. The molecule has 0 bridgehead atoms. The van der Waals surface area contributed by atoms with E-state index in [1.165, 1.54) is 17.9 Å². The van der Waals surface area contributed by atoms with Crippen molar-refractivity contribution in [2.45, 2.75) is 13.5 Å². The molecular weight excluding hydrogens is 278 g/mol. The van der Waals surface area contributed by atoms with Crippen LogP contribution < -0.4 is 15.1 Å². The molecule has 0 aliphatic carbocycles. The van der Waals surface area contributed by atoms with E-state index >= 15 is 0 Å². The molecule has 0 saturated heterocycles. The molecule has 0 amide bonds. The lowest BCUT2D eigenvalue weighted by Gasteiger charge is -2.31. The molecule has 3 aromatic rings. The molecule has 0 unspecified atom stereocenters. The van der Waals surface area contributed by atoms with Crippen LogP contribution in [-0.2, 0) is 6.54 Å². The van der Waals surface area contributed by atoms with Crippen LogP contribution in [-0.4, -0.2) is 6.73 Å². The van der Waals surface area contributed by atoms with E-state index in [0.29, 0.717) is 24.2 Å². The summed E-state index contributed by atoms with van der Waals surface area (Å²) in [5.74, 6) is 0.783. The third kappa shape index (κ3) is 2.04. The van der Waals surface area contributed by atoms with Gasteiger partial charge in [0.15, 0.2) is 12.2 Å². The number of fused-ring (bicyclic) bond motifs is 3. The summed E-state index contributed by atoms with van der Waals surface area (Å²) >= 11 is 0. The second-order valence-corrected chi connectivity index (χ2v) is 5.51. The lowest BCUT2D eigenvalue weighted by atomic mass is 10.1. The molecule has 0 spiro atoms. The summed E-state index contributed by atoms with van der Waals surface area (Å²) in [5, 5.41) is 0.593. The van der Waals surface area contributed by atoms with E-state index in [-0.39, 0.29) is 5.43 Å². The Hall–Kier alpha value is -2.75. The Morgan fingerprint density at radius 2 is 1.86 bits per heavy atom. The highest BCUT2D eigenvalue weighted by atomic mass is 16.5. The van der Waals surface area contributed by atoms with Gasteiger partial charge in [0.05, 0.1) is 23.8 Å². The Morgan fingerprint density at radius 1 is 1.05 bits per heavy atom. The zero-order chi connectivity index (χ0) is 15.1. The standard InChI is InChI=1S/C18H15NO3/c1-12-2-4-13(5-3-12)19-10-15-17(22-11-19)7-6-14-16(20)8-9-21-18(14)15/h2-9H,10-11H2,1H3. The topological polar surface area (TPSA) is 42.7 Å². The number of anilines is 1. The van der Waals surface area contributed by atoms with Crippen molar-refractivity contribution in [2.75, 3.05) is 11.6 Å². The predicted molar refractivity (Wildman–Crippen MR) is 85.3 cm³/mol. The highest BCUT2D eigenvalue weighted by Crippen LogP contribution is 2.33. The van der Waals surface area contributed by atoms with Gasteiger partial charge in [-0.2, -0.15) is 0 Å². The monoisotopic (exact) mass is 293 g/mol. The average molecular weight is 293 g/mol. The maximum Gasteiger partial charge on any atom is 0.192 e. The zero-order valence-corrected chi connectivity index (χ0v) is 12.2. The summed E-state index contributed by atoms with van der Waals surface area (Å²) < 4.78 is 11.4. The Labute approximate surface area is 127 Å². The molecule has 0 radical (unpaired) electrons. The molecule has 4 rings (SSSR count). The van der Waals surface area contributed by atoms with Gasteiger partial charge in [0.2, 0.25) is 0 Å². The maximum absolute atomic E-state index is 11.9. The molecule has 1 aromatic heterocycles. The van der Waals surface area contributed by atoms with Gasteiger partial charge in [0.1, 0.15) is 11.3 Å². The second-order valence-electron chi connectivity index (χ2n) is 5.51. The number of hydrogen-bond donors (Lipinski definition) is 0. The first-order valence-corrected chi connectivity index (χ1v) is 7.20. The second kappa shape index (κ2) is 4.91.